The van der Waals surface area contributed by atoms with Crippen molar-refractivity contribution in [2.75, 3.05) is 5.32 Å². The fourth-order valence-electron chi connectivity index (χ4n) is 2.17. The number of nitrogens with one attached hydrogen (secondary N) is 1. The van der Waals surface area contributed by atoms with Gasteiger partial charge in [-0.3, -0.25) is 9.59 Å². The Labute approximate surface area is 163 Å². The summed E-state index contributed by atoms with van der Waals surface area (Å²) in [5.41, 5.74) is 7.02. The molecule has 0 saturated carbocycles. The number of benzene rings is 1. The summed E-state index contributed by atoms with van der Waals surface area (Å²) < 4.78 is 5.58. The average molecular weight is 403 g/mol. The molecule has 2 aromatic heterocycles. The van der Waals surface area contributed by atoms with Crippen LogP contribution in [0.5, 0.6) is 0 Å². The molecule has 2 heterocycles. The number of anilines is 1. The Hall–Kier alpha value is -2.72. The molecule has 27 heavy (non-hydrogen) atoms. The summed E-state index contributed by atoms with van der Waals surface area (Å²) in [5.74, 6) is -0.282. The molecular weight excluding hydrogens is 386 g/mol. The van der Waals surface area contributed by atoms with E-state index in [9.17, 15) is 9.59 Å². The number of carbonyl (C=O) groups is 2. The lowest BCUT2D eigenvalue weighted by molar-refractivity contribution is -0.115. The highest BCUT2D eigenvalue weighted by Gasteiger charge is 2.19. The number of thiazole rings is 1. The molecule has 8 nitrogen and oxygen atoms in total. The molecule has 0 bridgehead atoms. The third kappa shape index (κ3) is 5.14. The number of carbonyl (C=O) groups excluding carboxylic acids is 2. The highest BCUT2D eigenvalue weighted by molar-refractivity contribution is 8.00. The van der Waals surface area contributed by atoms with Crippen LogP contribution in [0.2, 0.25) is 0 Å². The van der Waals surface area contributed by atoms with E-state index in [1.165, 1.54) is 11.8 Å². The first-order valence-corrected chi connectivity index (χ1v) is 9.77. The fraction of sp³-hybridized carbons (Fsp3) is 0.235. The summed E-state index contributed by atoms with van der Waals surface area (Å²) in [6.45, 7) is 3.68. The molecule has 0 saturated heterocycles. The van der Waals surface area contributed by atoms with E-state index in [-0.39, 0.29) is 5.91 Å². The zero-order valence-electron chi connectivity index (χ0n) is 14.6. The van der Waals surface area contributed by atoms with E-state index in [0.717, 1.165) is 10.7 Å². The van der Waals surface area contributed by atoms with Gasteiger partial charge in [-0.15, -0.1) is 21.5 Å². The topological polar surface area (TPSA) is 124 Å². The number of hydrogen-bond acceptors (Lipinski definition) is 8. The van der Waals surface area contributed by atoms with Crippen LogP contribution in [-0.2, 0) is 11.2 Å². The molecular formula is C17H17N5O3S2. The van der Waals surface area contributed by atoms with Crippen LogP contribution in [0, 0.1) is 6.92 Å². The Morgan fingerprint density at radius 2 is 2.04 bits per heavy atom. The normalized spacial score (nSPS) is 11.9. The summed E-state index contributed by atoms with van der Waals surface area (Å²) >= 11 is 2.73. The van der Waals surface area contributed by atoms with E-state index in [4.69, 9.17) is 10.2 Å². The van der Waals surface area contributed by atoms with Crippen molar-refractivity contribution >= 4 is 40.6 Å². The summed E-state index contributed by atoms with van der Waals surface area (Å²) in [5, 5.41) is 13.5. The maximum Gasteiger partial charge on any atom is 0.277 e. The average Bonchev–Trinajstić information content (AvgIpc) is 3.24. The van der Waals surface area contributed by atoms with Crippen LogP contribution in [0.25, 0.3) is 0 Å². The number of primary amides is 1. The predicted octanol–water partition coefficient (Wildman–Crippen LogP) is 2.64. The zero-order chi connectivity index (χ0) is 19.4. The number of nitrogens with zero attached hydrogens (tertiary/aromatic N) is 3. The minimum absolute atomic E-state index is 0.221. The number of aromatic nitrogens is 3. The van der Waals surface area contributed by atoms with Gasteiger partial charge in [0, 0.05) is 16.6 Å². The maximum absolute atomic E-state index is 12.3. The smallest absolute Gasteiger partial charge is 0.277 e. The van der Waals surface area contributed by atoms with Crippen LogP contribution < -0.4 is 11.1 Å². The van der Waals surface area contributed by atoms with E-state index in [0.29, 0.717) is 28.8 Å². The molecule has 1 aromatic carbocycles. The Bertz CT molecular complexity index is 952. The second-order valence-electron chi connectivity index (χ2n) is 5.69. The Kier molecular flexibility index (Phi) is 5.87. The first-order chi connectivity index (χ1) is 12.9. The van der Waals surface area contributed by atoms with E-state index in [1.807, 2.05) is 12.3 Å². The van der Waals surface area contributed by atoms with Crippen LogP contribution in [0.1, 0.15) is 33.9 Å². The molecule has 2 amide bonds. The summed E-state index contributed by atoms with van der Waals surface area (Å²) in [4.78, 5) is 27.7. The van der Waals surface area contributed by atoms with Gasteiger partial charge in [0.25, 0.3) is 5.22 Å². The van der Waals surface area contributed by atoms with Crippen LogP contribution in [0.3, 0.4) is 0 Å². The second-order valence-corrected chi connectivity index (χ2v) is 8.04. The molecule has 0 radical (unpaired) electrons. The van der Waals surface area contributed by atoms with Crippen molar-refractivity contribution in [2.24, 2.45) is 5.73 Å². The number of rotatable bonds is 7. The first kappa shape index (κ1) is 19.1. The van der Waals surface area contributed by atoms with E-state index in [2.05, 4.69) is 20.5 Å². The lowest BCUT2D eigenvalue weighted by Crippen LogP contribution is -2.22. The Balaban J connectivity index is 1.55. The van der Waals surface area contributed by atoms with Crippen molar-refractivity contribution < 1.29 is 14.0 Å². The molecule has 10 heteroatoms. The monoisotopic (exact) mass is 403 g/mol. The standard InChI is InChI=1S/C17H17N5O3S2/c1-9(16(24)20-12-5-3-11(4-6-12)15(18)23)27-17-22-21-14(25-17)7-13-8-26-10(2)19-13/h3-6,8-9H,7H2,1-2H3,(H2,18,23)(H,20,24)/t9-/m0/s1. The number of amides is 2. The van der Waals surface area contributed by atoms with Crippen LogP contribution in [0.15, 0.2) is 39.3 Å². The van der Waals surface area contributed by atoms with Crippen molar-refractivity contribution in [2.45, 2.75) is 30.7 Å². The maximum atomic E-state index is 12.3. The summed E-state index contributed by atoms with van der Waals surface area (Å²) in [7, 11) is 0. The fourth-order valence-corrected chi connectivity index (χ4v) is 3.48. The lowest BCUT2D eigenvalue weighted by Gasteiger charge is -2.10. The van der Waals surface area contributed by atoms with E-state index < -0.39 is 11.2 Å². The molecule has 140 valence electrons. The Morgan fingerprint density at radius 1 is 1.30 bits per heavy atom. The van der Waals surface area contributed by atoms with Gasteiger partial charge in [0.05, 0.1) is 22.4 Å². The number of aryl methyl sites for hydroxylation is 1. The molecule has 3 aromatic rings. The molecule has 0 unspecified atom stereocenters. The van der Waals surface area contributed by atoms with Gasteiger partial charge in [0.15, 0.2) is 0 Å². The van der Waals surface area contributed by atoms with Gasteiger partial charge in [-0.2, -0.15) is 0 Å². The summed E-state index contributed by atoms with van der Waals surface area (Å²) in [6, 6.07) is 6.35. The zero-order valence-corrected chi connectivity index (χ0v) is 16.3. The highest BCUT2D eigenvalue weighted by atomic mass is 32.2. The highest BCUT2D eigenvalue weighted by Crippen LogP contribution is 2.24. The van der Waals surface area contributed by atoms with Gasteiger partial charge in [0.2, 0.25) is 17.7 Å². The quantitative estimate of drug-likeness (QED) is 0.581. The largest absolute Gasteiger partial charge is 0.416 e. The van der Waals surface area contributed by atoms with Crippen LogP contribution in [0.4, 0.5) is 5.69 Å². The molecule has 3 rings (SSSR count). The van der Waals surface area contributed by atoms with Crippen molar-refractivity contribution in [3.05, 3.63) is 51.8 Å². The van der Waals surface area contributed by atoms with Crippen molar-refractivity contribution in [1.82, 2.24) is 15.2 Å². The minimum Gasteiger partial charge on any atom is -0.416 e. The molecule has 0 fully saturated rings. The van der Waals surface area contributed by atoms with Crippen LogP contribution >= 0.6 is 23.1 Å². The number of hydrogen-bond donors (Lipinski definition) is 2. The van der Waals surface area contributed by atoms with Gasteiger partial charge in [-0.1, -0.05) is 11.8 Å². The van der Waals surface area contributed by atoms with Gasteiger partial charge < -0.3 is 15.5 Å². The molecule has 0 aliphatic heterocycles. The van der Waals surface area contributed by atoms with E-state index >= 15 is 0 Å². The molecule has 0 aliphatic rings. The second kappa shape index (κ2) is 8.31. The third-order valence-electron chi connectivity index (χ3n) is 3.53. The van der Waals surface area contributed by atoms with Crippen LogP contribution in [-0.4, -0.2) is 32.2 Å². The number of nitrogens with two attached hydrogens (primary N) is 1. The van der Waals surface area contributed by atoms with Crippen molar-refractivity contribution in [3.63, 3.8) is 0 Å². The minimum atomic E-state index is -0.517. The predicted molar refractivity (Wildman–Crippen MR) is 103 cm³/mol. The first-order valence-electron chi connectivity index (χ1n) is 8.01. The SMILES string of the molecule is Cc1nc(Cc2nnc(S[C@@H](C)C(=O)Nc3ccc(C(N)=O)cc3)o2)cs1. The van der Waals surface area contributed by atoms with Crippen molar-refractivity contribution in [3.8, 4) is 0 Å². The number of thioether (sulfide) groups is 1. The van der Waals surface area contributed by atoms with E-state index in [1.54, 1.807) is 42.5 Å². The third-order valence-corrected chi connectivity index (χ3v) is 5.29. The Morgan fingerprint density at radius 3 is 2.67 bits per heavy atom. The molecule has 0 spiro atoms. The van der Waals surface area contributed by atoms with Gasteiger partial charge in [0.1, 0.15) is 0 Å². The van der Waals surface area contributed by atoms with Gasteiger partial charge in [-0.25, -0.2) is 4.98 Å². The molecule has 1 atom stereocenters. The summed E-state index contributed by atoms with van der Waals surface area (Å²) in [6.07, 6.45) is 0.463. The molecule has 3 N–H and O–H groups in total. The van der Waals surface area contributed by atoms with Gasteiger partial charge in [-0.05, 0) is 38.1 Å². The van der Waals surface area contributed by atoms with Crippen molar-refractivity contribution in [1.29, 1.82) is 0 Å². The van der Waals surface area contributed by atoms with Gasteiger partial charge >= 0.3 is 0 Å². The molecule has 0 aliphatic carbocycles. The lowest BCUT2D eigenvalue weighted by atomic mass is 10.2.